The topological polar surface area (TPSA) is 29.1 Å². The largest absolute Gasteiger partial charge is 0.317 e. The van der Waals surface area contributed by atoms with Crippen LogP contribution >= 0.6 is 11.6 Å². The van der Waals surface area contributed by atoms with E-state index in [4.69, 9.17) is 11.6 Å². The average molecular weight is 278 g/mol. The SMILES string of the molecule is CNC(C)CC(C)S(=O)c1ccc(F)c(Cl)c1. The zero-order valence-electron chi connectivity index (χ0n) is 10.2. The summed E-state index contributed by atoms with van der Waals surface area (Å²) in [5, 5.41) is 3.12. The summed E-state index contributed by atoms with van der Waals surface area (Å²) in [6, 6.07) is 4.51. The predicted octanol–water partition coefficient (Wildman–Crippen LogP) is 2.97. The van der Waals surface area contributed by atoms with Crippen LogP contribution < -0.4 is 5.32 Å². The number of nitrogens with one attached hydrogen (secondary N) is 1. The Morgan fingerprint density at radius 3 is 2.65 bits per heavy atom. The number of rotatable bonds is 5. The maximum absolute atomic E-state index is 13.0. The van der Waals surface area contributed by atoms with Crippen molar-refractivity contribution in [1.82, 2.24) is 5.32 Å². The van der Waals surface area contributed by atoms with Gasteiger partial charge in [0.05, 0.1) is 15.8 Å². The lowest BCUT2D eigenvalue weighted by Crippen LogP contribution is -2.27. The van der Waals surface area contributed by atoms with E-state index in [-0.39, 0.29) is 10.3 Å². The Bertz CT molecular complexity index is 413. The Hall–Kier alpha value is -0.450. The lowest BCUT2D eigenvalue weighted by molar-refractivity contribution is 0.554. The molecule has 1 N–H and O–H groups in total. The van der Waals surface area contributed by atoms with Crippen molar-refractivity contribution in [1.29, 1.82) is 0 Å². The first-order valence-corrected chi connectivity index (χ1v) is 7.07. The van der Waals surface area contributed by atoms with Crippen LogP contribution in [0.1, 0.15) is 20.3 Å². The highest BCUT2D eigenvalue weighted by molar-refractivity contribution is 7.85. The van der Waals surface area contributed by atoms with Gasteiger partial charge in [-0.1, -0.05) is 18.5 Å². The van der Waals surface area contributed by atoms with Crippen LogP contribution in [0.3, 0.4) is 0 Å². The van der Waals surface area contributed by atoms with Gasteiger partial charge in [0.2, 0.25) is 0 Å². The van der Waals surface area contributed by atoms with Gasteiger partial charge in [-0.05, 0) is 38.6 Å². The standard InChI is InChI=1S/C12H17ClFNOS/c1-8(15-3)6-9(2)17(16)10-4-5-12(14)11(13)7-10/h4-5,7-9,15H,6H2,1-3H3. The highest BCUT2D eigenvalue weighted by Crippen LogP contribution is 2.21. The van der Waals surface area contributed by atoms with E-state index in [1.54, 1.807) is 0 Å². The van der Waals surface area contributed by atoms with E-state index in [0.717, 1.165) is 6.42 Å². The molecule has 1 aromatic rings. The summed E-state index contributed by atoms with van der Waals surface area (Å²) >= 11 is 5.67. The third-order valence-electron chi connectivity index (χ3n) is 2.67. The van der Waals surface area contributed by atoms with Gasteiger partial charge in [0, 0.05) is 16.2 Å². The average Bonchev–Trinajstić information content (AvgIpc) is 2.31. The van der Waals surface area contributed by atoms with Crippen molar-refractivity contribution in [2.24, 2.45) is 0 Å². The molecule has 96 valence electrons. The first-order valence-electron chi connectivity index (χ1n) is 5.48. The Balaban J connectivity index is 2.78. The maximum Gasteiger partial charge on any atom is 0.141 e. The van der Waals surface area contributed by atoms with Gasteiger partial charge in [-0.3, -0.25) is 4.21 Å². The lowest BCUT2D eigenvalue weighted by Gasteiger charge is -2.16. The summed E-state index contributed by atoms with van der Waals surface area (Å²) in [6.07, 6.45) is 0.790. The van der Waals surface area contributed by atoms with Crippen LogP contribution in [0.2, 0.25) is 5.02 Å². The van der Waals surface area contributed by atoms with Crippen LogP contribution in [0.4, 0.5) is 4.39 Å². The summed E-state index contributed by atoms with van der Waals surface area (Å²) in [7, 11) is 0.710. The molecule has 1 rings (SSSR count). The molecule has 0 aromatic heterocycles. The molecule has 0 spiro atoms. The maximum atomic E-state index is 13.0. The van der Waals surface area contributed by atoms with Crippen molar-refractivity contribution < 1.29 is 8.60 Å². The van der Waals surface area contributed by atoms with Gasteiger partial charge in [-0.15, -0.1) is 0 Å². The van der Waals surface area contributed by atoms with Crippen molar-refractivity contribution in [3.05, 3.63) is 29.0 Å². The highest BCUT2D eigenvalue weighted by Gasteiger charge is 2.16. The minimum absolute atomic E-state index is 0.000946. The number of hydrogen-bond acceptors (Lipinski definition) is 2. The van der Waals surface area contributed by atoms with E-state index < -0.39 is 16.6 Å². The van der Waals surface area contributed by atoms with E-state index in [0.29, 0.717) is 10.9 Å². The monoisotopic (exact) mass is 277 g/mol. The van der Waals surface area contributed by atoms with E-state index in [1.807, 2.05) is 20.9 Å². The zero-order valence-corrected chi connectivity index (χ0v) is 11.7. The molecule has 5 heteroatoms. The molecular formula is C12H17ClFNOS. The van der Waals surface area contributed by atoms with Crippen molar-refractivity contribution in [2.75, 3.05) is 7.05 Å². The summed E-state index contributed by atoms with van der Waals surface area (Å²) in [5.74, 6) is -0.483. The third kappa shape index (κ3) is 4.05. The van der Waals surface area contributed by atoms with Gasteiger partial charge >= 0.3 is 0 Å². The van der Waals surface area contributed by atoms with Gasteiger partial charge in [0.15, 0.2) is 0 Å². The van der Waals surface area contributed by atoms with Crippen LogP contribution in [-0.2, 0) is 10.8 Å². The van der Waals surface area contributed by atoms with Crippen LogP contribution in [0.25, 0.3) is 0 Å². The van der Waals surface area contributed by atoms with E-state index in [1.165, 1.54) is 18.2 Å². The van der Waals surface area contributed by atoms with E-state index in [2.05, 4.69) is 5.32 Å². The lowest BCUT2D eigenvalue weighted by atomic mass is 10.2. The van der Waals surface area contributed by atoms with Crippen molar-refractivity contribution >= 4 is 22.4 Å². The molecule has 3 unspecified atom stereocenters. The first kappa shape index (κ1) is 14.6. The fraction of sp³-hybridized carbons (Fsp3) is 0.500. The first-order chi connectivity index (χ1) is 7.95. The third-order valence-corrected chi connectivity index (χ3v) is 4.60. The zero-order chi connectivity index (χ0) is 13.0. The number of hydrogen-bond donors (Lipinski definition) is 1. The van der Waals surface area contributed by atoms with Gasteiger partial charge in [0.25, 0.3) is 0 Å². The van der Waals surface area contributed by atoms with Crippen molar-refractivity contribution in [3.8, 4) is 0 Å². The molecule has 0 amide bonds. The molecule has 2 nitrogen and oxygen atoms in total. The molecule has 0 aliphatic rings. The fourth-order valence-electron chi connectivity index (χ4n) is 1.54. The molecule has 1 aromatic carbocycles. The van der Waals surface area contributed by atoms with Gasteiger partial charge in [0.1, 0.15) is 5.82 Å². The van der Waals surface area contributed by atoms with Crippen molar-refractivity contribution in [2.45, 2.75) is 36.5 Å². The Morgan fingerprint density at radius 2 is 2.12 bits per heavy atom. The molecule has 0 bridgehead atoms. The molecule has 0 aliphatic heterocycles. The summed E-state index contributed by atoms with van der Waals surface area (Å²) in [5.41, 5.74) is 0. The van der Waals surface area contributed by atoms with E-state index >= 15 is 0 Å². The molecule has 0 fully saturated rings. The molecule has 0 saturated carbocycles. The molecule has 3 atom stereocenters. The van der Waals surface area contributed by atoms with Gasteiger partial charge in [-0.2, -0.15) is 0 Å². The molecule has 0 aliphatic carbocycles. The van der Waals surface area contributed by atoms with Crippen molar-refractivity contribution in [3.63, 3.8) is 0 Å². The molecule has 0 radical (unpaired) electrons. The Morgan fingerprint density at radius 1 is 1.47 bits per heavy atom. The van der Waals surface area contributed by atoms with Crippen LogP contribution in [-0.4, -0.2) is 22.5 Å². The van der Waals surface area contributed by atoms with Gasteiger partial charge in [-0.25, -0.2) is 4.39 Å². The highest BCUT2D eigenvalue weighted by atomic mass is 35.5. The Kier molecular flexibility index (Phi) is 5.56. The van der Waals surface area contributed by atoms with E-state index in [9.17, 15) is 8.60 Å². The minimum atomic E-state index is -1.16. The predicted molar refractivity (Wildman–Crippen MR) is 70.4 cm³/mol. The van der Waals surface area contributed by atoms with Crippen LogP contribution in [0.15, 0.2) is 23.1 Å². The molecule has 17 heavy (non-hydrogen) atoms. The second-order valence-electron chi connectivity index (χ2n) is 4.11. The van der Waals surface area contributed by atoms with Gasteiger partial charge < -0.3 is 5.32 Å². The molecule has 0 saturated heterocycles. The fourth-order valence-corrected chi connectivity index (χ4v) is 3.15. The molecular weight excluding hydrogens is 261 g/mol. The second kappa shape index (κ2) is 6.47. The normalized spacial score (nSPS) is 16.5. The summed E-state index contributed by atoms with van der Waals surface area (Å²) in [6.45, 7) is 3.95. The van der Waals surface area contributed by atoms with Crippen LogP contribution in [0, 0.1) is 5.82 Å². The summed E-state index contributed by atoms with van der Waals surface area (Å²) in [4.78, 5) is 0.576. The number of benzene rings is 1. The second-order valence-corrected chi connectivity index (χ2v) is 6.39. The Labute approximate surface area is 109 Å². The summed E-state index contributed by atoms with van der Waals surface area (Å²) < 4.78 is 25.1. The smallest absolute Gasteiger partial charge is 0.141 e. The minimum Gasteiger partial charge on any atom is -0.317 e. The quantitative estimate of drug-likeness (QED) is 0.897. The molecule has 0 heterocycles. The van der Waals surface area contributed by atoms with Crippen LogP contribution in [0.5, 0.6) is 0 Å². The number of halogens is 2.